The Bertz CT molecular complexity index is 420. The van der Waals surface area contributed by atoms with E-state index in [2.05, 4.69) is 4.90 Å². The van der Waals surface area contributed by atoms with Crippen LogP contribution >= 0.6 is 0 Å². The first kappa shape index (κ1) is 13.4. The maximum absolute atomic E-state index is 13.8. The normalized spacial score (nSPS) is 26.5. The fourth-order valence-corrected chi connectivity index (χ4v) is 2.90. The van der Waals surface area contributed by atoms with Gasteiger partial charge in [0.1, 0.15) is 12.0 Å². The van der Waals surface area contributed by atoms with Gasteiger partial charge in [-0.3, -0.25) is 4.90 Å². The van der Waals surface area contributed by atoms with Gasteiger partial charge in [-0.2, -0.15) is 0 Å². The highest BCUT2D eigenvalue weighted by atomic mass is 19.1. The third kappa shape index (κ3) is 2.40. The van der Waals surface area contributed by atoms with Crippen LogP contribution in [0.2, 0.25) is 0 Å². The van der Waals surface area contributed by atoms with Gasteiger partial charge < -0.3 is 5.73 Å². The van der Waals surface area contributed by atoms with E-state index < -0.39 is 12.0 Å². The average molecular weight is 254 g/mol. The molecule has 2 N–H and O–H groups in total. The second-order valence-electron chi connectivity index (χ2n) is 5.15. The molecule has 0 saturated carbocycles. The molecule has 4 heteroatoms. The molecule has 0 bridgehead atoms. The first-order valence-corrected chi connectivity index (χ1v) is 6.37. The van der Waals surface area contributed by atoms with Crippen molar-refractivity contribution >= 4 is 0 Å². The lowest BCUT2D eigenvalue weighted by Gasteiger charge is -2.23. The highest BCUT2D eigenvalue weighted by Gasteiger charge is 2.32. The minimum absolute atomic E-state index is 0.0717. The van der Waals surface area contributed by atoms with Gasteiger partial charge in [-0.05, 0) is 44.5 Å². The molecule has 0 aromatic heterocycles. The van der Waals surface area contributed by atoms with Gasteiger partial charge in [0.25, 0.3) is 0 Å². The van der Waals surface area contributed by atoms with Crippen LogP contribution in [0.5, 0.6) is 0 Å². The molecule has 2 nitrogen and oxygen atoms in total. The number of likely N-dealkylation sites (tertiary alicyclic amines) is 1. The smallest absolute Gasteiger partial charge is 0.129 e. The topological polar surface area (TPSA) is 29.3 Å². The van der Waals surface area contributed by atoms with Gasteiger partial charge in [0.2, 0.25) is 0 Å². The molecule has 0 aliphatic carbocycles. The lowest BCUT2D eigenvalue weighted by Crippen LogP contribution is -2.21. The standard InChI is InChI=1S/C14H20F2N2/c1-9(15)14-11(4-3-5-12(14)16)13-6-10(7-17)8-18(13)2/h3-5,9-10,13H,6-8,17H2,1-2H3. The molecular weight excluding hydrogens is 234 g/mol. The summed E-state index contributed by atoms with van der Waals surface area (Å²) in [6, 6.07) is 4.88. The summed E-state index contributed by atoms with van der Waals surface area (Å²) in [6.45, 7) is 2.89. The highest BCUT2D eigenvalue weighted by molar-refractivity contribution is 5.33. The zero-order valence-corrected chi connectivity index (χ0v) is 10.9. The Morgan fingerprint density at radius 3 is 2.78 bits per heavy atom. The van der Waals surface area contributed by atoms with E-state index in [1.165, 1.54) is 13.0 Å². The molecule has 1 aliphatic heterocycles. The summed E-state index contributed by atoms with van der Waals surface area (Å²) in [6.07, 6.45) is -0.414. The van der Waals surface area contributed by atoms with Crippen LogP contribution in [-0.4, -0.2) is 25.0 Å². The van der Waals surface area contributed by atoms with Crippen LogP contribution in [0.1, 0.15) is 36.7 Å². The molecule has 1 fully saturated rings. The molecule has 18 heavy (non-hydrogen) atoms. The summed E-state index contributed by atoms with van der Waals surface area (Å²) in [7, 11) is 1.98. The van der Waals surface area contributed by atoms with Crippen LogP contribution in [0, 0.1) is 11.7 Å². The van der Waals surface area contributed by atoms with Gasteiger partial charge in [0.05, 0.1) is 0 Å². The van der Waals surface area contributed by atoms with Crippen molar-refractivity contribution < 1.29 is 8.78 Å². The van der Waals surface area contributed by atoms with E-state index in [-0.39, 0.29) is 11.6 Å². The summed E-state index contributed by atoms with van der Waals surface area (Å²) in [5, 5.41) is 0. The van der Waals surface area contributed by atoms with E-state index >= 15 is 0 Å². The third-order valence-electron chi connectivity index (χ3n) is 3.81. The molecule has 1 aliphatic rings. The number of nitrogens with zero attached hydrogens (tertiary/aromatic N) is 1. The third-order valence-corrected chi connectivity index (χ3v) is 3.81. The fraction of sp³-hybridized carbons (Fsp3) is 0.571. The summed E-state index contributed by atoms with van der Waals surface area (Å²) < 4.78 is 27.4. The van der Waals surface area contributed by atoms with Crippen LogP contribution < -0.4 is 5.73 Å². The molecule has 1 aromatic rings. The second kappa shape index (κ2) is 5.33. The molecule has 3 atom stereocenters. The van der Waals surface area contributed by atoms with E-state index in [9.17, 15) is 8.78 Å². The number of alkyl halides is 1. The van der Waals surface area contributed by atoms with Gasteiger partial charge in [0, 0.05) is 18.2 Å². The number of halogens is 2. The zero-order valence-electron chi connectivity index (χ0n) is 10.9. The molecule has 1 saturated heterocycles. The van der Waals surface area contributed by atoms with E-state index in [0.717, 1.165) is 18.5 Å². The Labute approximate surface area is 107 Å². The van der Waals surface area contributed by atoms with E-state index in [4.69, 9.17) is 5.73 Å². The minimum atomic E-state index is -1.29. The Hall–Kier alpha value is -1.00. The fourth-order valence-electron chi connectivity index (χ4n) is 2.90. The number of nitrogens with two attached hydrogens (primary N) is 1. The summed E-state index contributed by atoms with van der Waals surface area (Å²) in [5.74, 6) is -0.0434. The quantitative estimate of drug-likeness (QED) is 0.898. The summed E-state index contributed by atoms with van der Waals surface area (Å²) >= 11 is 0. The molecule has 3 unspecified atom stereocenters. The van der Waals surface area contributed by atoms with Crippen LogP contribution in [0.25, 0.3) is 0 Å². The van der Waals surface area contributed by atoms with Crippen molar-refractivity contribution in [1.82, 2.24) is 4.90 Å². The zero-order chi connectivity index (χ0) is 13.3. The van der Waals surface area contributed by atoms with Crippen molar-refractivity contribution in [2.45, 2.75) is 25.6 Å². The van der Waals surface area contributed by atoms with E-state index in [1.807, 2.05) is 13.1 Å². The molecule has 0 spiro atoms. The molecule has 100 valence electrons. The van der Waals surface area contributed by atoms with Gasteiger partial charge >= 0.3 is 0 Å². The average Bonchev–Trinajstić information content (AvgIpc) is 2.69. The van der Waals surface area contributed by atoms with Crippen LogP contribution in [-0.2, 0) is 0 Å². The Morgan fingerprint density at radius 1 is 1.50 bits per heavy atom. The molecule has 2 rings (SSSR count). The van der Waals surface area contributed by atoms with Gasteiger partial charge in [-0.25, -0.2) is 8.78 Å². The Morgan fingerprint density at radius 2 is 2.22 bits per heavy atom. The van der Waals surface area contributed by atoms with Crippen LogP contribution in [0.3, 0.4) is 0 Å². The predicted octanol–water partition coefficient (Wildman–Crippen LogP) is 2.81. The maximum atomic E-state index is 13.8. The molecule has 1 heterocycles. The van der Waals surface area contributed by atoms with Gasteiger partial charge in [0.15, 0.2) is 0 Å². The maximum Gasteiger partial charge on any atom is 0.129 e. The van der Waals surface area contributed by atoms with Crippen molar-refractivity contribution in [1.29, 1.82) is 0 Å². The number of hydrogen-bond acceptors (Lipinski definition) is 2. The molecule has 0 radical (unpaired) electrons. The van der Waals surface area contributed by atoms with Crippen molar-refractivity contribution in [2.24, 2.45) is 11.7 Å². The van der Waals surface area contributed by atoms with E-state index in [0.29, 0.717) is 12.5 Å². The van der Waals surface area contributed by atoms with E-state index in [1.54, 1.807) is 6.07 Å². The van der Waals surface area contributed by atoms with Gasteiger partial charge in [-0.15, -0.1) is 0 Å². The van der Waals surface area contributed by atoms with Crippen molar-refractivity contribution in [2.75, 3.05) is 20.1 Å². The predicted molar refractivity (Wildman–Crippen MR) is 68.5 cm³/mol. The first-order valence-electron chi connectivity index (χ1n) is 6.37. The first-order chi connectivity index (χ1) is 8.54. The van der Waals surface area contributed by atoms with Crippen molar-refractivity contribution in [3.63, 3.8) is 0 Å². The lowest BCUT2D eigenvalue weighted by molar-refractivity contribution is 0.300. The molecule has 0 amide bonds. The van der Waals surface area contributed by atoms with Crippen molar-refractivity contribution in [3.05, 3.63) is 35.1 Å². The molecule has 1 aromatic carbocycles. The van der Waals surface area contributed by atoms with Crippen LogP contribution in [0.4, 0.5) is 8.78 Å². The minimum Gasteiger partial charge on any atom is -0.330 e. The van der Waals surface area contributed by atoms with Gasteiger partial charge in [-0.1, -0.05) is 12.1 Å². The summed E-state index contributed by atoms with van der Waals surface area (Å²) in [4.78, 5) is 2.14. The largest absolute Gasteiger partial charge is 0.330 e. The second-order valence-corrected chi connectivity index (χ2v) is 5.15. The Balaban J connectivity index is 2.36. The summed E-state index contributed by atoms with van der Waals surface area (Å²) in [5.41, 5.74) is 6.66. The van der Waals surface area contributed by atoms with Crippen LogP contribution in [0.15, 0.2) is 18.2 Å². The monoisotopic (exact) mass is 254 g/mol. The highest BCUT2D eigenvalue weighted by Crippen LogP contribution is 2.38. The SMILES string of the molecule is CC(F)c1c(F)cccc1C1CC(CN)CN1C. The number of rotatable bonds is 3. The Kier molecular flexibility index (Phi) is 3.97. The molecular formula is C14H20F2N2. The van der Waals surface area contributed by atoms with Crippen molar-refractivity contribution in [3.8, 4) is 0 Å². The lowest BCUT2D eigenvalue weighted by atomic mass is 9.93. The number of hydrogen-bond donors (Lipinski definition) is 1. The number of benzene rings is 1.